The molecule has 0 aliphatic carbocycles. The molecule has 1 unspecified atom stereocenters. The first kappa shape index (κ1) is 14.3. The van der Waals surface area contributed by atoms with Crippen molar-refractivity contribution in [2.24, 2.45) is 0 Å². The highest BCUT2D eigenvalue weighted by Crippen LogP contribution is 2.23. The van der Waals surface area contributed by atoms with Crippen LogP contribution in [0, 0.1) is 6.92 Å². The zero-order valence-corrected chi connectivity index (χ0v) is 12.8. The molecule has 0 aromatic carbocycles. The van der Waals surface area contributed by atoms with E-state index >= 15 is 0 Å². The predicted octanol–water partition coefficient (Wildman–Crippen LogP) is 2.99. The van der Waals surface area contributed by atoms with Crippen LogP contribution in [0.15, 0.2) is 12.1 Å². The molecular formula is C14H21ClN4. The summed E-state index contributed by atoms with van der Waals surface area (Å²) in [5, 5.41) is -0.110. The van der Waals surface area contributed by atoms with Gasteiger partial charge in [-0.05, 0) is 39.6 Å². The number of rotatable bonds is 5. The summed E-state index contributed by atoms with van der Waals surface area (Å²) in [5.74, 6) is 0.902. The Morgan fingerprint density at radius 2 is 2.11 bits per heavy atom. The topological polar surface area (TPSA) is 34.0 Å². The summed E-state index contributed by atoms with van der Waals surface area (Å²) in [6, 6.07) is 4.00. The molecule has 0 aliphatic heterocycles. The van der Waals surface area contributed by atoms with Gasteiger partial charge < -0.3 is 9.47 Å². The molecule has 4 nitrogen and oxygen atoms in total. The van der Waals surface area contributed by atoms with Crippen LogP contribution in [0.25, 0.3) is 11.2 Å². The predicted molar refractivity (Wildman–Crippen MR) is 79.7 cm³/mol. The Morgan fingerprint density at radius 1 is 1.37 bits per heavy atom. The van der Waals surface area contributed by atoms with Gasteiger partial charge in [-0.3, -0.25) is 0 Å². The maximum atomic E-state index is 6.24. The van der Waals surface area contributed by atoms with Crippen molar-refractivity contribution in [2.45, 2.75) is 32.7 Å². The SMILES string of the molecule is CCN(C)CCn1c(C(C)Cl)nc2ccc(C)nc21. The van der Waals surface area contributed by atoms with Crippen LogP contribution in [-0.4, -0.2) is 39.6 Å². The highest BCUT2D eigenvalue weighted by Gasteiger charge is 2.16. The van der Waals surface area contributed by atoms with Crippen molar-refractivity contribution in [2.75, 3.05) is 20.1 Å². The van der Waals surface area contributed by atoms with Crippen LogP contribution in [0.3, 0.4) is 0 Å². The van der Waals surface area contributed by atoms with Crippen molar-refractivity contribution in [1.82, 2.24) is 19.4 Å². The highest BCUT2D eigenvalue weighted by atomic mass is 35.5. The third-order valence-electron chi connectivity index (χ3n) is 3.36. The molecule has 2 rings (SSSR count). The van der Waals surface area contributed by atoms with Gasteiger partial charge in [0.25, 0.3) is 0 Å². The Hall–Kier alpha value is -1.13. The fourth-order valence-electron chi connectivity index (χ4n) is 2.07. The number of aromatic nitrogens is 3. The minimum absolute atomic E-state index is 0.110. The van der Waals surface area contributed by atoms with Crippen LogP contribution in [0.5, 0.6) is 0 Å². The van der Waals surface area contributed by atoms with E-state index in [1.54, 1.807) is 0 Å². The summed E-state index contributed by atoms with van der Waals surface area (Å²) in [7, 11) is 2.11. The summed E-state index contributed by atoms with van der Waals surface area (Å²) in [4.78, 5) is 11.5. The molecule has 1 atom stereocenters. The molecule has 0 fully saturated rings. The van der Waals surface area contributed by atoms with E-state index in [1.165, 1.54) is 0 Å². The summed E-state index contributed by atoms with van der Waals surface area (Å²) in [6.45, 7) is 8.97. The summed E-state index contributed by atoms with van der Waals surface area (Å²) in [6.07, 6.45) is 0. The lowest BCUT2D eigenvalue weighted by atomic mass is 10.3. The van der Waals surface area contributed by atoms with E-state index in [2.05, 4.69) is 33.4 Å². The standard InChI is InChI=1S/C14H21ClN4/c1-5-18(4)8-9-19-13(11(3)15)17-12-7-6-10(2)16-14(12)19/h6-7,11H,5,8-9H2,1-4H3. The molecule has 0 aliphatic rings. The number of hydrogen-bond acceptors (Lipinski definition) is 3. The Bertz CT molecular complexity index is 562. The quantitative estimate of drug-likeness (QED) is 0.790. The fourth-order valence-corrected chi connectivity index (χ4v) is 2.23. The Balaban J connectivity index is 2.42. The number of likely N-dealkylation sites (N-methyl/N-ethyl adjacent to an activating group) is 1. The molecule has 0 spiro atoms. The van der Waals surface area contributed by atoms with E-state index in [-0.39, 0.29) is 5.38 Å². The highest BCUT2D eigenvalue weighted by molar-refractivity contribution is 6.20. The first-order valence-corrected chi connectivity index (χ1v) is 7.13. The van der Waals surface area contributed by atoms with Crippen molar-refractivity contribution >= 4 is 22.8 Å². The minimum atomic E-state index is -0.110. The molecule has 2 aromatic heterocycles. The van der Waals surface area contributed by atoms with Crippen LogP contribution in [0.2, 0.25) is 0 Å². The Kier molecular flexibility index (Phi) is 4.42. The number of hydrogen-bond donors (Lipinski definition) is 0. The Labute approximate surface area is 119 Å². The summed E-state index contributed by atoms with van der Waals surface area (Å²) in [5.41, 5.74) is 2.87. The van der Waals surface area contributed by atoms with Gasteiger partial charge in [-0.2, -0.15) is 0 Å². The van der Waals surface area contributed by atoms with Gasteiger partial charge in [-0.25, -0.2) is 9.97 Å². The van der Waals surface area contributed by atoms with Crippen molar-refractivity contribution < 1.29 is 0 Å². The van der Waals surface area contributed by atoms with Crippen molar-refractivity contribution in [3.8, 4) is 0 Å². The van der Waals surface area contributed by atoms with E-state index in [9.17, 15) is 0 Å². The van der Waals surface area contributed by atoms with Gasteiger partial charge in [0.15, 0.2) is 5.65 Å². The van der Waals surface area contributed by atoms with E-state index in [4.69, 9.17) is 11.6 Å². The number of pyridine rings is 1. The molecule has 2 aromatic rings. The van der Waals surface area contributed by atoms with Gasteiger partial charge in [0.05, 0.1) is 5.38 Å². The van der Waals surface area contributed by atoms with E-state index in [0.717, 1.165) is 42.3 Å². The van der Waals surface area contributed by atoms with Gasteiger partial charge in [-0.1, -0.05) is 6.92 Å². The molecule has 5 heteroatoms. The Morgan fingerprint density at radius 3 is 2.74 bits per heavy atom. The van der Waals surface area contributed by atoms with Crippen LogP contribution in [0.1, 0.15) is 30.7 Å². The molecule has 2 heterocycles. The molecule has 0 bridgehead atoms. The van der Waals surface area contributed by atoms with Crippen LogP contribution < -0.4 is 0 Å². The second-order valence-electron chi connectivity index (χ2n) is 4.93. The lowest BCUT2D eigenvalue weighted by Crippen LogP contribution is -2.23. The van der Waals surface area contributed by atoms with Gasteiger partial charge in [0.1, 0.15) is 11.3 Å². The number of fused-ring (bicyclic) bond motifs is 1. The second kappa shape index (κ2) is 5.88. The fraction of sp³-hybridized carbons (Fsp3) is 0.571. The number of aryl methyl sites for hydroxylation is 1. The monoisotopic (exact) mass is 280 g/mol. The van der Waals surface area contributed by atoms with Crippen LogP contribution >= 0.6 is 11.6 Å². The first-order valence-electron chi connectivity index (χ1n) is 6.69. The maximum Gasteiger partial charge on any atom is 0.160 e. The maximum absolute atomic E-state index is 6.24. The molecule has 0 amide bonds. The van der Waals surface area contributed by atoms with Gasteiger partial charge in [0, 0.05) is 18.8 Å². The largest absolute Gasteiger partial charge is 0.310 e. The van der Waals surface area contributed by atoms with Crippen molar-refractivity contribution in [3.05, 3.63) is 23.7 Å². The average molecular weight is 281 g/mol. The smallest absolute Gasteiger partial charge is 0.160 e. The number of halogens is 1. The van der Waals surface area contributed by atoms with Gasteiger partial charge in [-0.15, -0.1) is 11.6 Å². The third-order valence-corrected chi connectivity index (χ3v) is 3.56. The molecule has 104 valence electrons. The molecule has 0 N–H and O–H groups in total. The zero-order chi connectivity index (χ0) is 14.0. The number of nitrogens with zero attached hydrogens (tertiary/aromatic N) is 4. The summed E-state index contributed by atoms with van der Waals surface area (Å²) < 4.78 is 2.14. The van der Waals surface area contributed by atoms with Gasteiger partial charge in [0.2, 0.25) is 0 Å². The van der Waals surface area contributed by atoms with Crippen LogP contribution in [-0.2, 0) is 6.54 Å². The molecule has 19 heavy (non-hydrogen) atoms. The van der Waals surface area contributed by atoms with E-state index in [0.29, 0.717) is 0 Å². The number of imidazole rings is 1. The number of alkyl halides is 1. The minimum Gasteiger partial charge on any atom is -0.310 e. The van der Waals surface area contributed by atoms with E-state index in [1.807, 2.05) is 26.0 Å². The average Bonchev–Trinajstić information content (AvgIpc) is 2.74. The van der Waals surface area contributed by atoms with Crippen molar-refractivity contribution in [3.63, 3.8) is 0 Å². The van der Waals surface area contributed by atoms with Crippen molar-refractivity contribution in [1.29, 1.82) is 0 Å². The zero-order valence-electron chi connectivity index (χ0n) is 12.0. The van der Waals surface area contributed by atoms with Crippen LogP contribution in [0.4, 0.5) is 0 Å². The lowest BCUT2D eigenvalue weighted by Gasteiger charge is -2.16. The molecule has 0 saturated carbocycles. The molecule has 0 saturated heterocycles. The molecule has 0 radical (unpaired) electrons. The second-order valence-corrected chi connectivity index (χ2v) is 5.58. The molecular weight excluding hydrogens is 260 g/mol. The first-order chi connectivity index (χ1) is 9.02. The van der Waals surface area contributed by atoms with Gasteiger partial charge >= 0.3 is 0 Å². The van der Waals surface area contributed by atoms with E-state index < -0.39 is 0 Å². The lowest BCUT2D eigenvalue weighted by molar-refractivity contribution is 0.335. The normalized spacial score (nSPS) is 13.4. The summed E-state index contributed by atoms with van der Waals surface area (Å²) >= 11 is 6.24. The third kappa shape index (κ3) is 3.07.